The van der Waals surface area contributed by atoms with Gasteiger partial charge in [-0.25, -0.2) is 0 Å². The van der Waals surface area contributed by atoms with Crippen molar-refractivity contribution in [3.8, 4) is 16.9 Å². The summed E-state index contributed by atoms with van der Waals surface area (Å²) in [4.78, 5) is 42.8. The van der Waals surface area contributed by atoms with Crippen molar-refractivity contribution in [3.05, 3.63) is 70.0 Å². The van der Waals surface area contributed by atoms with E-state index in [-0.39, 0.29) is 29.7 Å². The monoisotopic (exact) mass is 547 g/mol. The van der Waals surface area contributed by atoms with Crippen LogP contribution in [0.3, 0.4) is 0 Å². The molecule has 40 heavy (non-hydrogen) atoms. The number of phenolic OH excluding ortho intramolecular Hbond substituents is 1. The number of aromatic hydroxyl groups is 1. The van der Waals surface area contributed by atoms with Gasteiger partial charge in [0.15, 0.2) is 11.4 Å². The number of hydrogen-bond donors (Lipinski definition) is 5. The summed E-state index contributed by atoms with van der Waals surface area (Å²) in [6.45, 7) is 0.764. The summed E-state index contributed by atoms with van der Waals surface area (Å²) in [5.41, 5.74) is 5.17. The maximum atomic E-state index is 14.0. The van der Waals surface area contributed by atoms with E-state index in [0.29, 0.717) is 5.56 Å². The van der Waals surface area contributed by atoms with E-state index in [1.54, 1.807) is 20.2 Å². The highest BCUT2D eigenvalue weighted by molar-refractivity contribution is 6.24. The molecule has 210 valence electrons. The van der Waals surface area contributed by atoms with Gasteiger partial charge in [-0.2, -0.15) is 0 Å². The molecule has 3 aliphatic carbocycles. The molecule has 1 fully saturated rings. The number of aliphatic hydroxyl groups is 3. The first kappa shape index (κ1) is 27.6. The Kier molecular flexibility index (Phi) is 6.60. The Morgan fingerprint density at radius 1 is 1.02 bits per heavy atom. The van der Waals surface area contributed by atoms with Gasteiger partial charge in [-0.05, 0) is 75.3 Å². The fourth-order valence-electron chi connectivity index (χ4n) is 6.67. The van der Waals surface area contributed by atoms with Crippen molar-refractivity contribution >= 4 is 23.2 Å². The topological polar surface area (TPSA) is 165 Å². The Labute approximate surface area is 231 Å². The Morgan fingerprint density at radius 3 is 2.25 bits per heavy atom. The molecule has 0 saturated heterocycles. The van der Waals surface area contributed by atoms with E-state index in [1.165, 1.54) is 11.0 Å². The zero-order valence-corrected chi connectivity index (χ0v) is 22.8. The third-order valence-corrected chi connectivity index (χ3v) is 8.37. The number of nitrogens with zero attached hydrogens (tertiary/aromatic N) is 2. The second-order valence-corrected chi connectivity index (χ2v) is 11.4. The molecule has 1 saturated carbocycles. The number of carbonyl (C=O) groups is 3. The minimum Gasteiger partial charge on any atom is -0.508 e. The molecule has 0 aromatic heterocycles. The number of aliphatic hydroxyl groups excluding tert-OH is 2. The number of fused-ring (bicyclic) bond motifs is 3. The highest BCUT2D eigenvalue weighted by Gasteiger charge is 2.64. The molecule has 0 bridgehead atoms. The number of Topliss-reactive ketones (excluding diaryl/α,β-unsaturated/α-hetero) is 2. The average molecular weight is 548 g/mol. The molecule has 0 aliphatic heterocycles. The standard InChI is InChI=1S/C30H33N3O7/c1-32(2)13-14-5-7-15(8-6-14)17-9-10-20(34)22-18(17)11-16-12-19-24(33(3)4)26(36)23(29(31)39)28(38)30(19,40)27(37)21(16)25(22)35/h5-10,16,19,24,34-35,38,40H,11-13H2,1-4H3,(H2,31,39)/t16-,19-,24?,30-/m1/s1. The van der Waals surface area contributed by atoms with Gasteiger partial charge >= 0.3 is 0 Å². The molecule has 3 aliphatic rings. The molecular formula is C30H33N3O7. The van der Waals surface area contributed by atoms with Gasteiger partial charge in [-0.1, -0.05) is 30.3 Å². The van der Waals surface area contributed by atoms with Crippen molar-refractivity contribution in [2.75, 3.05) is 28.2 Å². The second-order valence-electron chi connectivity index (χ2n) is 11.4. The van der Waals surface area contributed by atoms with Gasteiger partial charge in [0.25, 0.3) is 5.91 Å². The Bertz CT molecular complexity index is 1510. The Morgan fingerprint density at radius 2 is 1.68 bits per heavy atom. The van der Waals surface area contributed by atoms with Crippen LogP contribution in [-0.4, -0.2) is 87.5 Å². The molecule has 1 amide bonds. The van der Waals surface area contributed by atoms with E-state index in [9.17, 15) is 34.8 Å². The lowest BCUT2D eigenvalue weighted by molar-refractivity contribution is -0.153. The number of hydrogen-bond acceptors (Lipinski definition) is 9. The SMILES string of the molecule is CN(C)Cc1ccc(-c2ccc(O)c3c2C[C@@H]2C[C@@H]4C(N(C)C)C(=O)C(C(N)=O)=C(O)[C@]4(O)C(=O)C2=C3O)cc1. The van der Waals surface area contributed by atoms with E-state index in [4.69, 9.17) is 5.73 Å². The van der Waals surface area contributed by atoms with Crippen LogP contribution in [-0.2, 0) is 27.3 Å². The van der Waals surface area contributed by atoms with Crippen LogP contribution < -0.4 is 5.73 Å². The number of rotatable bonds is 5. The van der Waals surface area contributed by atoms with E-state index in [1.807, 2.05) is 38.4 Å². The summed E-state index contributed by atoms with van der Waals surface area (Å²) in [7, 11) is 7.11. The van der Waals surface area contributed by atoms with Crippen molar-refractivity contribution < 1.29 is 34.8 Å². The van der Waals surface area contributed by atoms with Gasteiger partial charge in [-0.3, -0.25) is 19.3 Å². The summed E-state index contributed by atoms with van der Waals surface area (Å²) in [6.07, 6.45) is 0.278. The number of ketones is 2. The predicted molar refractivity (Wildman–Crippen MR) is 147 cm³/mol. The first-order chi connectivity index (χ1) is 18.8. The fourth-order valence-corrected chi connectivity index (χ4v) is 6.67. The molecule has 1 unspecified atom stereocenters. The quantitative estimate of drug-likeness (QED) is 0.350. The number of phenols is 1. The summed E-state index contributed by atoms with van der Waals surface area (Å²) in [6, 6.07) is 10.0. The van der Waals surface area contributed by atoms with Crippen LogP contribution in [0.5, 0.6) is 5.75 Å². The van der Waals surface area contributed by atoms with Crippen LogP contribution in [0.4, 0.5) is 0 Å². The molecular weight excluding hydrogens is 514 g/mol. The van der Waals surface area contributed by atoms with Crippen LogP contribution in [0, 0.1) is 11.8 Å². The summed E-state index contributed by atoms with van der Waals surface area (Å²) < 4.78 is 0. The maximum Gasteiger partial charge on any atom is 0.255 e. The molecule has 0 radical (unpaired) electrons. The fraction of sp³-hybridized carbons (Fsp3) is 0.367. The highest BCUT2D eigenvalue weighted by Crippen LogP contribution is 2.53. The van der Waals surface area contributed by atoms with Gasteiger partial charge in [0, 0.05) is 18.0 Å². The average Bonchev–Trinajstić information content (AvgIpc) is 2.86. The van der Waals surface area contributed by atoms with Crippen molar-refractivity contribution in [1.82, 2.24) is 9.80 Å². The summed E-state index contributed by atoms with van der Waals surface area (Å²) in [5.74, 6) is -6.64. The number of primary amides is 1. The number of likely N-dealkylation sites (N-methyl/N-ethyl adjacent to an activating group) is 1. The molecule has 6 N–H and O–H groups in total. The van der Waals surface area contributed by atoms with Gasteiger partial charge in [0.05, 0.1) is 11.6 Å². The smallest absolute Gasteiger partial charge is 0.255 e. The zero-order valence-electron chi connectivity index (χ0n) is 22.8. The third-order valence-electron chi connectivity index (χ3n) is 8.37. The normalized spacial score (nSPS) is 26.2. The van der Waals surface area contributed by atoms with Gasteiger partial charge in [0.1, 0.15) is 22.8 Å². The van der Waals surface area contributed by atoms with Crippen LogP contribution >= 0.6 is 0 Å². The molecule has 5 rings (SSSR count). The van der Waals surface area contributed by atoms with E-state index in [0.717, 1.165) is 23.2 Å². The second kappa shape index (κ2) is 9.58. The number of amides is 1. The van der Waals surface area contributed by atoms with Crippen LogP contribution in [0.2, 0.25) is 0 Å². The van der Waals surface area contributed by atoms with E-state index in [2.05, 4.69) is 4.90 Å². The van der Waals surface area contributed by atoms with Gasteiger partial charge in [-0.15, -0.1) is 0 Å². The van der Waals surface area contributed by atoms with Crippen LogP contribution in [0.25, 0.3) is 16.9 Å². The minimum absolute atomic E-state index is 0.0443. The lowest BCUT2D eigenvalue weighted by Crippen LogP contribution is -2.65. The molecule has 2 aromatic carbocycles. The van der Waals surface area contributed by atoms with E-state index < -0.39 is 58.0 Å². The summed E-state index contributed by atoms with van der Waals surface area (Å²) in [5, 5.41) is 44.9. The van der Waals surface area contributed by atoms with E-state index >= 15 is 0 Å². The molecule has 0 spiro atoms. The van der Waals surface area contributed by atoms with Crippen molar-refractivity contribution in [2.45, 2.75) is 31.0 Å². The summed E-state index contributed by atoms with van der Waals surface area (Å²) >= 11 is 0. The molecule has 10 nitrogen and oxygen atoms in total. The highest BCUT2D eigenvalue weighted by atomic mass is 16.3. The first-order valence-electron chi connectivity index (χ1n) is 13.0. The Balaban J connectivity index is 1.67. The van der Waals surface area contributed by atoms with Crippen molar-refractivity contribution in [2.24, 2.45) is 17.6 Å². The lowest BCUT2D eigenvalue weighted by atomic mass is 9.57. The van der Waals surface area contributed by atoms with Gasteiger partial charge in [0.2, 0.25) is 5.78 Å². The van der Waals surface area contributed by atoms with Crippen molar-refractivity contribution in [3.63, 3.8) is 0 Å². The first-order valence-corrected chi connectivity index (χ1v) is 13.0. The zero-order chi connectivity index (χ0) is 29.3. The third kappa shape index (κ3) is 3.94. The Hall–Kier alpha value is -3.99. The molecule has 0 heterocycles. The number of benzene rings is 2. The van der Waals surface area contributed by atoms with Crippen LogP contribution in [0.15, 0.2) is 53.3 Å². The number of carbonyl (C=O) groups excluding carboxylic acids is 3. The molecule has 2 aromatic rings. The van der Waals surface area contributed by atoms with Gasteiger partial charge < -0.3 is 31.1 Å². The minimum atomic E-state index is -2.65. The molecule has 10 heteroatoms. The molecule has 4 atom stereocenters. The predicted octanol–water partition coefficient (Wildman–Crippen LogP) is 1.69. The largest absolute Gasteiger partial charge is 0.508 e. The van der Waals surface area contributed by atoms with Crippen LogP contribution in [0.1, 0.15) is 23.1 Å². The number of nitrogens with two attached hydrogens (primary N) is 1. The lowest BCUT2D eigenvalue weighted by Gasteiger charge is -2.50. The maximum absolute atomic E-state index is 14.0. The van der Waals surface area contributed by atoms with Crippen molar-refractivity contribution in [1.29, 1.82) is 0 Å².